The minimum Gasteiger partial charge on any atom is -0.465 e. The first kappa shape index (κ1) is 18.9. The fourth-order valence-corrected chi connectivity index (χ4v) is 3.00. The van der Waals surface area contributed by atoms with Gasteiger partial charge in [0.25, 0.3) is 5.79 Å². The van der Waals surface area contributed by atoms with Crippen LogP contribution in [0.25, 0.3) is 5.70 Å². The van der Waals surface area contributed by atoms with Crippen molar-refractivity contribution in [1.29, 1.82) is 0 Å². The lowest BCUT2D eigenvalue weighted by Crippen LogP contribution is -2.48. The lowest BCUT2D eigenvalue weighted by Gasteiger charge is -2.35. The third kappa shape index (κ3) is 5.31. The van der Waals surface area contributed by atoms with Crippen LogP contribution in [0.1, 0.15) is 31.1 Å². The van der Waals surface area contributed by atoms with Gasteiger partial charge in [0, 0.05) is 12.8 Å². The first-order chi connectivity index (χ1) is 11.5. The number of methoxy groups -OCH3 is 1. The molecule has 1 N–H and O–H groups in total. The Morgan fingerprint density at radius 2 is 2.21 bits per heavy atom. The Morgan fingerprint density at radius 1 is 1.46 bits per heavy atom. The molecule has 0 radical (unpaired) electrons. The molecular weight excluding hydrogens is 330 g/mol. The van der Waals surface area contributed by atoms with E-state index in [4.69, 9.17) is 14.3 Å². The van der Waals surface area contributed by atoms with Gasteiger partial charge in [-0.25, -0.2) is 4.79 Å². The van der Waals surface area contributed by atoms with E-state index in [0.29, 0.717) is 19.8 Å². The van der Waals surface area contributed by atoms with Crippen molar-refractivity contribution in [3.05, 3.63) is 29.0 Å². The maximum absolute atomic E-state index is 11.6. The molecule has 2 rings (SSSR count). The second-order valence-electron chi connectivity index (χ2n) is 5.83. The molecule has 0 amide bonds. The van der Waals surface area contributed by atoms with E-state index >= 15 is 0 Å². The Morgan fingerprint density at radius 3 is 2.83 bits per heavy atom. The normalized spacial score (nSPS) is 23.7. The molecule has 0 aromatic carbocycles. The van der Waals surface area contributed by atoms with Crippen molar-refractivity contribution in [3.63, 3.8) is 0 Å². The topological polar surface area (TPSA) is 66.0 Å². The van der Waals surface area contributed by atoms with Crippen molar-refractivity contribution in [2.45, 2.75) is 32.0 Å². The van der Waals surface area contributed by atoms with Crippen molar-refractivity contribution in [1.82, 2.24) is 5.48 Å². The number of hydrogen-bond donors (Lipinski definition) is 1. The van der Waals surface area contributed by atoms with Crippen molar-refractivity contribution in [2.75, 3.05) is 26.9 Å². The van der Waals surface area contributed by atoms with E-state index in [1.54, 1.807) is 18.3 Å². The molecule has 0 bridgehead atoms. The average molecular weight is 355 g/mol. The quantitative estimate of drug-likeness (QED) is 0.417. The van der Waals surface area contributed by atoms with E-state index in [0.717, 1.165) is 29.8 Å². The zero-order chi connectivity index (χ0) is 17.4. The van der Waals surface area contributed by atoms with Gasteiger partial charge in [0.1, 0.15) is 0 Å². The van der Waals surface area contributed by atoms with Gasteiger partial charge in [-0.2, -0.15) is 0 Å². The second kappa shape index (κ2) is 9.17. The highest BCUT2D eigenvalue weighted by atomic mass is 32.1. The van der Waals surface area contributed by atoms with Gasteiger partial charge in [-0.1, -0.05) is 19.1 Å². The molecule has 7 heteroatoms. The van der Waals surface area contributed by atoms with Crippen LogP contribution in [-0.2, 0) is 23.8 Å². The Bertz CT molecular complexity index is 523. The van der Waals surface area contributed by atoms with E-state index in [-0.39, 0.29) is 5.92 Å². The number of ether oxygens (including phenoxy) is 3. The summed E-state index contributed by atoms with van der Waals surface area (Å²) in [7, 11) is 1.33. The molecular formula is C17H25NO5S. The van der Waals surface area contributed by atoms with Crippen molar-refractivity contribution < 1.29 is 23.8 Å². The molecule has 1 aliphatic rings. The van der Waals surface area contributed by atoms with Crippen molar-refractivity contribution >= 4 is 23.0 Å². The molecule has 0 saturated carbocycles. The number of unbranched alkanes of at least 4 members (excludes halogenated alkanes) is 1. The summed E-state index contributed by atoms with van der Waals surface area (Å²) in [6.45, 7) is 7.13. The van der Waals surface area contributed by atoms with E-state index in [2.05, 4.69) is 16.8 Å². The molecule has 1 fully saturated rings. The van der Waals surface area contributed by atoms with Crippen LogP contribution in [0.4, 0.5) is 0 Å². The number of hydrogen-bond acceptors (Lipinski definition) is 7. The van der Waals surface area contributed by atoms with Gasteiger partial charge >= 0.3 is 5.97 Å². The fourth-order valence-electron chi connectivity index (χ4n) is 2.36. The molecule has 0 unspecified atom stereocenters. The summed E-state index contributed by atoms with van der Waals surface area (Å²) in [6, 6.07) is 3.97. The number of carbonyl (C=O) groups is 1. The van der Waals surface area contributed by atoms with E-state index in [1.807, 2.05) is 17.5 Å². The van der Waals surface area contributed by atoms with Gasteiger partial charge in [0.2, 0.25) is 0 Å². The van der Waals surface area contributed by atoms with Gasteiger partial charge in [-0.05, 0) is 24.3 Å². The summed E-state index contributed by atoms with van der Waals surface area (Å²) >= 11 is 1.62. The third-order valence-electron chi connectivity index (χ3n) is 3.87. The molecule has 2 heterocycles. The van der Waals surface area contributed by atoms with Crippen LogP contribution in [0.15, 0.2) is 24.1 Å². The van der Waals surface area contributed by atoms with E-state index in [1.165, 1.54) is 7.11 Å². The number of carbonyl (C=O) groups excluding carboxylic acids is 1. The van der Waals surface area contributed by atoms with Crippen LogP contribution in [0.5, 0.6) is 0 Å². The first-order valence-corrected chi connectivity index (χ1v) is 8.90. The molecule has 6 nitrogen and oxygen atoms in total. The highest BCUT2D eigenvalue weighted by Gasteiger charge is 2.41. The summed E-state index contributed by atoms with van der Waals surface area (Å²) in [4.78, 5) is 18.1. The monoisotopic (exact) mass is 355 g/mol. The Balaban J connectivity index is 1.53. The van der Waals surface area contributed by atoms with Gasteiger partial charge in [0.15, 0.2) is 0 Å². The smallest absolute Gasteiger partial charge is 0.366 e. The minimum atomic E-state index is -1.26. The predicted molar refractivity (Wildman–Crippen MR) is 92.1 cm³/mol. The zero-order valence-corrected chi connectivity index (χ0v) is 15.0. The number of hydroxylamine groups is 1. The predicted octanol–water partition coefficient (Wildman–Crippen LogP) is 2.96. The zero-order valence-electron chi connectivity index (χ0n) is 14.2. The van der Waals surface area contributed by atoms with Crippen LogP contribution < -0.4 is 5.48 Å². The third-order valence-corrected chi connectivity index (χ3v) is 4.80. The van der Waals surface area contributed by atoms with Crippen molar-refractivity contribution in [2.24, 2.45) is 5.92 Å². The fraction of sp³-hybridized carbons (Fsp3) is 0.588. The van der Waals surface area contributed by atoms with Crippen LogP contribution in [0.2, 0.25) is 0 Å². The van der Waals surface area contributed by atoms with Crippen LogP contribution in [0, 0.1) is 5.92 Å². The molecule has 24 heavy (non-hydrogen) atoms. The van der Waals surface area contributed by atoms with E-state index < -0.39 is 11.8 Å². The molecule has 1 aromatic rings. The van der Waals surface area contributed by atoms with Crippen LogP contribution >= 0.6 is 11.3 Å². The average Bonchev–Trinajstić information content (AvgIpc) is 3.13. The highest BCUT2D eigenvalue weighted by molar-refractivity contribution is 7.11. The maximum atomic E-state index is 11.6. The van der Waals surface area contributed by atoms with Gasteiger partial charge < -0.3 is 14.2 Å². The summed E-state index contributed by atoms with van der Waals surface area (Å²) in [5.41, 5.74) is 3.65. The standard InChI is InChI=1S/C17H25NO5S/c1-13(15-8-6-10-24-15)18-23-9-5-4-7-14-11-21-17(2,22-12-14)16(19)20-3/h6,8,10,14,18H,1,4-5,7,9,11-12H2,2-3H3. The minimum absolute atomic E-state index is 0.289. The Hall–Kier alpha value is -1.41. The van der Waals surface area contributed by atoms with Gasteiger partial charge in [-0.15, -0.1) is 11.3 Å². The second-order valence-corrected chi connectivity index (χ2v) is 6.78. The number of thiophene rings is 1. The Kier molecular flexibility index (Phi) is 7.23. The van der Waals surface area contributed by atoms with Crippen LogP contribution in [-0.4, -0.2) is 38.7 Å². The molecule has 1 aliphatic heterocycles. The lowest BCUT2D eigenvalue weighted by atomic mass is 10.0. The number of esters is 1. The molecule has 134 valence electrons. The highest BCUT2D eigenvalue weighted by Crippen LogP contribution is 2.25. The van der Waals surface area contributed by atoms with Gasteiger partial charge in [-0.3, -0.25) is 10.3 Å². The summed E-state index contributed by atoms with van der Waals surface area (Å²) < 4.78 is 15.7. The first-order valence-electron chi connectivity index (χ1n) is 8.02. The maximum Gasteiger partial charge on any atom is 0.366 e. The summed E-state index contributed by atoms with van der Waals surface area (Å²) in [5.74, 6) is -1.47. The molecule has 1 aromatic heterocycles. The SMILES string of the molecule is C=C(NOCCCCC1COC(C)(C(=O)OC)OC1)c1cccs1. The van der Waals surface area contributed by atoms with E-state index in [9.17, 15) is 4.79 Å². The molecule has 1 saturated heterocycles. The number of nitrogens with one attached hydrogen (secondary N) is 1. The molecule has 0 spiro atoms. The number of rotatable bonds is 9. The largest absolute Gasteiger partial charge is 0.465 e. The molecule has 0 aliphatic carbocycles. The summed E-state index contributed by atoms with van der Waals surface area (Å²) in [6.07, 6.45) is 2.89. The Labute approximate surface area is 146 Å². The van der Waals surface area contributed by atoms with Crippen molar-refractivity contribution in [3.8, 4) is 0 Å². The van der Waals surface area contributed by atoms with Gasteiger partial charge in [0.05, 0.1) is 37.5 Å². The summed E-state index contributed by atoms with van der Waals surface area (Å²) in [5, 5.41) is 2.00. The van der Waals surface area contributed by atoms with Crippen LogP contribution in [0.3, 0.4) is 0 Å². The molecule has 0 atom stereocenters. The lowest BCUT2D eigenvalue weighted by molar-refractivity contribution is -0.272.